The molecular weight excluding hydrogens is 302 g/mol. The highest BCUT2D eigenvalue weighted by Gasteiger charge is 2.14. The number of rotatable bonds is 5. The molecule has 0 radical (unpaired) electrons. The van der Waals surface area contributed by atoms with Gasteiger partial charge in [0.25, 0.3) is 0 Å². The van der Waals surface area contributed by atoms with Gasteiger partial charge in [0.2, 0.25) is 11.7 Å². The molecule has 0 aliphatic heterocycles. The lowest BCUT2D eigenvalue weighted by Gasteiger charge is -2.08. The monoisotopic (exact) mass is 315 g/mol. The molecule has 22 heavy (non-hydrogen) atoms. The van der Waals surface area contributed by atoms with Crippen LogP contribution in [-0.4, -0.2) is 19.5 Å². The van der Waals surface area contributed by atoms with E-state index in [0.29, 0.717) is 24.0 Å². The zero-order chi connectivity index (χ0) is 14.9. The Hall–Kier alpha value is -2.45. The molecule has 0 saturated heterocycles. The zero-order valence-corrected chi connectivity index (χ0v) is 12.6. The Labute approximate surface area is 129 Å². The Bertz CT molecular complexity index is 848. The number of nitrogens with zero attached hydrogens (tertiary/aromatic N) is 4. The summed E-state index contributed by atoms with van der Waals surface area (Å²) in [6.07, 6.45) is 5.60. The van der Waals surface area contributed by atoms with Crippen LogP contribution in [0.5, 0.6) is 0 Å². The highest BCUT2D eigenvalue weighted by molar-refractivity contribution is 7.15. The van der Waals surface area contributed by atoms with Crippen molar-refractivity contribution >= 4 is 16.3 Å². The minimum absolute atomic E-state index is 0.0889. The molecule has 4 aromatic heterocycles. The molecule has 1 N–H and O–H groups in total. The molecule has 112 valence electrons. The van der Waals surface area contributed by atoms with E-state index in [9.17, 15) is 0 Å². The largest absolute Gasteiger partial charge is 0.461 e. The second-order valence-corrected chi connectivity index (χ2v) is 5.72. The molecule has 0 aliphatic rings. The van der Waals surface area contributed by atoms with Crippen LogP contribution in [0, 0.1) is 0 Å². The van der Waals surface area contributed by atoms with Crippen LogP contribution in [0.2, 0.25) is 0 Å². The number of fused-ring (bicyclic) bond motifs is 1. The van der Waals surface area contributed by atoms with Gasteiger partial charge in [0.1, 0.15) is 0 Å². The summed E-state index contributed by atoms with van der Waals surface area (Å²) in [5.74, 6) is 1.56. The SMILES string of the molecule is C[C@H](NCc1nc(-c2ccco2)no1)c1cn2ccsc2n1. The maximum atomic E-state index is 5.24. The fourth-order valence-corrected chi connectivity index (χ4v) is 2.84. The summed E-state index contributed by atoms with van der Waals surface area (Å²) in [5, 5.41) is 9.24. The van der Waals surface area contributed by atoms with E-state index >= 15 is 0 Å². The molecule has 0 fully saturated rings. The molecule has 4 aromatic rings. The first-order valence-corrected chi connectivity index (χ1v) is 7.69. The first-order chi connectivity index (χ1) is 10.8. The lowest BCUT2D eigenvalue weighted by molar-refractivity contribution is 0.359. The number of imidazole rings is 1. The van der Waals surface area contributed by atoms with Crippen LogP contribution in [0.3, 0.4) is 0 Å². The smallest absolute Gasteiger partial charge is 0.241 e. The van der Waals surface area contributed by atoms with Crippen molar-refractivity contribution in [3.05, 3.63) is 47.8 Å². The number of nitrogens with one attached hydrogen (secondary N) is 1. The van der Waals surface area contributed by atoms with Gasteiger partial charge in [-0.25, -0.2) is 4.98 Å². The predicted molar refractivity (Wildman–Crippen MR) is 80.3 cm³/mol. The van der Waals surface area contributed by atoms with Crippen LogP contribution in [0.15, 0.2) is 45.1 Å². The zero-order valence-electron chi connectivity index (χ0n) is 11.8. The summed E-state index contributed by atoms with van der Waals surface area (Å²) >= 11 is 1.61. The van der Waals surface area contributed by atoms with E-state index in [1.165, 1.54) is 0 Å². The van der Waals surface area contributed by atoms with Crippen molar-refractivity contribution in [2.75, 3.05) is 0 Å². The number of hydrogen-bond acceptors (Lipinski definition) is 7. The van der Waals surface area contributed by atoms with Gasteiger partial charge >= 0.3 is 0 Å². The van der Waals surface area contributed by atoms with E-state index in [4.69, 9.17) is 8.94 Å². The lowest BCUT2D eigenvalue weighted by atomic mass is 10.2. The summed E-state index contributed by atoms with van der Waals surface area (Å²) < 4.78 is 12.5. The Balaban J connectivity index is 1.42. The first-order valence-electron chi connectivity index (χ1n) is 6.81. The summed E-state index contributed by atoms with van der Waals surface area (Å²) in [6.45, 7) is 2.52. The van der Waals surface area contributed by atoms with Crippen LogP contribution in [0.25, 0.3) is 16.5 Å². The first kappa shape index (κ1) is 13.2. The fraction of sp³-hybridized carbons (Fsp3) is 0.214. The van der Waals surface area contributed by atoms with Crippen LogP contribution < -0.4 is 5.32 Å². The van der Waals surface area contributed by atoms with Crippen LogP contribution in [0.4, 0.5) is 0 Å². The van der Waals surface area contributed by atoms with Crippen molar-refractivity contribution < 1.29 is 8.94 Å². The normalized spacial score (nSPS) is 13.0. The molecule has 0 unspecified atom stereocenters. The third-order valence-electron chi connectivity index (χ3n) is 3.32. The van der Waals surface area contributed by atoms with Gasteiger partial charge in [-0.2, -0.15) is 4.98 Å². The van der Waals surface area contributed by atoms with Gasteiger partial charge in [-0.3, -0.25) is 4.40 Å². The van der Waals surface area contributed by atoms with E-state index in [1.807, 2.05) is 22.2 Å². The van der Waals surface area contributed by atoms with Gasteiger partial charge in [-0.15, -0.1) is 11.3 Å². The van der Waals surface area contributed by atoms with Gasteiger partial charge in [0, 0.05) is 23.8 Å². The van der Waals surface area contributed by atoms with Crippen molar-refractivity contribution in [2.24, 2.45) is 0 Å². The van der Waals surface area contributed by atoms with Gasteiger partial charge in [-0.1, -0.05) is 5.16 Å². The molecule has 7 nitrogen and oxygen atoms in total. The van der Waals surface area contributed by atoms with Crippen molar-refractivity contribution in [3.63, 3.8) is 0 Å². The summed E-state index contributed by atoms with van der Waals surface area (Å²) in [7, 11) is 0. The summed E-state index contributed by atoms with van der Waals surface area (Å²) in [6, 6.07) is 3.67. The Morgan fingerprint density at radius 3 is 3.18 bits per heavy atom. The lowest BCUT2D eigenvalue weighted by Crippen LogP contribution is -2.18. The van der Waals surface area contributed by atoms with Crippen LogP contribution in [-0.2, 0) is 6.54 Å². The second kappa shape index (κ2) is 5.39. The molecule has 0 bridgehead atoms. The van der Waals surface area contributed by atoms with E-state index in [0.717, 1.165) is 10.7 Å². The Morgan fingerprint density at radius 2 is 2.36 bits per heavy atom. The average molecular weight is 315 g/mol. The maximum absolute atomic E-state index is 5.24. The predicted octanol–water partition coefficient (Wildman–Crippen LogP) is 2.89. The van der Waals surface area contributed by atoms with E-state index in [1.54, 1.807) is 29.7 Å². The topological polar surface area (TPSA) is 81.4 Å². The summed E-state index contributed by atoms with van der Waals surface area (Å²) in [4.78, 5) is 9.85. The highest BCUT2D eigenvalue weighted by atomic mass is 32.1. The van der Waals surface area contributed by atoms with Crippen LogP contribution in [0.1, 0.15) is 24.6 Å². The molecule has 0 aromatic carbocycles. The quantitative estimate of drug-likeness (QED) is 0.610. The molecule has 0 amide bonds. The van der Waals surface area contributed by atoms with Crippen molar-refractivity contribution in [1.82, 2.24) is 24.8 Å². The van der Waals surface area contributed by atoms with Gasteiger partial charge in [0.15, 0.2) is 10.7 Å². The van der Waals surface area contributed by atoms with Crippen molar-refractivity contribution in [2.45, 2.75) is 19.5 Å². The molecule has 0 aliphatic carbocycles. The van der Waals surface area contributed by atoms with E-state index in [2.05, 4.69) is 27.4 Å². The van der Waals surface area contributed by atoms with Gasteiger partial charge in [0.05, 0.1) is 18.5 Å². The highest BCUT2D eigenvalue weighted by Crippen LogP contribution is 2.18. The Morgan fingerprint density at radius 1 is 1.41 bits per heavy atom. The minimum atomic E-state index is 0.0889. The standard InChI is InChI=1S/C14H13N5O2S/c1-9(10-8-19-4-6-22-14(19)16-10)15-7-12-17-13(18-21-12)11-3-2-5-20-11/h2-6,8-9,15H,7H2,1H3/t9-/m0/s1. The number of hydrogen-bond donors (Lipinski definition) is 1. The number of furan rings is 1. The van der Waals surface area contributed by atoms with Crippen molar-refractivity contribution in [3.8, 4) is 11.6 Å². The average Bonchev–Trinajstić information content (AvgIpc) is 3.26. The second-order valence-electron chi connectivity index (χ2n) is 4.85. The Kier molecular flexibility index (Phi) is 3.24. The molecule has 4 rings (SSSR count). The molecule has 1 atom stereocenters. The third-order valence-corrected chi connectivity index (χ3v) is 4.10. The number of aromatic nitrogens is 4. The molecule has 8 heteroatoms. The van der Waals surface area contributed by atoms with Gasteiger partial charge < -0.3 is 14.3 Å². The number of thiazole rings is 1. The minimum Gasteiger partial charge on any atom is -0.461 e. The molecular formula is C14H13N5O2S. The van der Waals surface area contributed by atoms with Gasteiger partial charge in [-0.05, 0) is 19.1 Å². The van der Waals surface area contributed by atoms with Crippen molar-refractivity contribution in [1.29, 1.82) is 0 Å². The fourth-order valence-electron chi connectivity index (χ4n) is 2.13. The third kappa shape index (κ3) is 2.42. The molecule has 4 heterocycles. The van der Waals surface area contributed by atoms with E-state index in [-0.39, 0.29) is 6.04 Å². The van der Waals surface area contributed by atoms with Crippen LogP contribution >= 0.6 is 11.3 Å². The molecule has 0 spiro atoms. The molecule has 0 saturated carbocycles. The summed E-state index contributed by atoms with van der Waals surface area (Å²) in [5.41, 5.74) is 0.984. The van der Waals surface area contributed by atoms with E-state index < -0.39 is 0 Å². The maximum Gasteiger partial charge on any atom is 0.241 e.